The average Bonchev–Trinajstić information content (AvgIpc) is 2.55. The SMILES string of the molecule is C=CCNS(=O)(=O)c1ccc(C(=O)NC2CCNCC2C)cc1. The summed E-state index contributed by atoms with van der Waals surface area (Å²) in [6.07, 6.45) is 2.37. The van der Waals surface area contributed by atoms with E-state index in [1.807, 2.05) is 0 Å². The van der Waals surface area contributed by atoms with Crippen molar-refractivity contribution in [3.8, 4) is 0 Å². The average molecular weight is 337 g/mol. The van der Waals surface area contributed by atoms with E-state index in [4.69, 9.17) is 0 Å². The highest BCUT2D eigenvalue weighted by atomic mass is 32.2. The molecule has 1 aromatic rings. The van der Waals surface area contributed by atoms with Gasteiger partial charge in [0.2, 0.25) is 10.0 Å². The van der Waals surface area contributed by atoms with E-state index in [0.717, 1.165) is 19.5 Å². The van der Waals surface area contributed by atoms with Crippen LogP contribution in [-0.2, 0) is 10.0 Å². The fourth-order valence-corrected chi connectivity index (χ4v) is 3.52. The minimum absolute atomic E-state index is 0.131. The summed E-state index contributed by atoms with van der Waals surface area (Å²) in [7, 11) is -3.56. The maximum absolute atomic E-state index is 12.3. The predicted molar refractivity (Wildman–Crippen MR) is 89.7 cm³/mol. The first-order valence-corrected chi connectivity index (χ1v) is 9.14. The molecule has 0 bridgehead atoms. The third-order valence-electron chi connectivity index (χ3n) is 3.95. The van der Waals surface area contributed by atoms with Crippen LogP contribution in [0.5, 0.6) is 0 Å². The molecular weight excluding hydrogens is 314 g/mol. The minimum atomic E-state index is -3.56. The maximum Gasteiger partial charge on any atom is 0.251 e. The third-order valence-corrected chi connectivity index (χ3v) is 5.39. The van der Waals surface area contributed by atoms with Gasteiger partial charge in [0.25, 0.3) is 5.91 Å². The number of carbonyl (C=O) groups excluding carboxylic acids is 1. The molecule has 1 aromatic carbocycles. The normalized spacial score (nSPS) is 21.6. The van der Waals surface area contributed by atoms with Crippen molar-refractivity contribution in [1.29, 1.82) is 0 Å². The van der Waals surface area contributed by atoms with Crippen LogP contribution in [0.2, 0.25) is 0 Å². The molecule has 6 nitrogen and oxygen atoms in total. The Bertz CT molecular complexity index is 656. The Balaban J connectivity index is 2.04. The van der Waals surface area contributed by atoms with Gasteiger partial charge in [-0.05, 0) is 49.7 Å². The van der Waals surface area contributed by atoms with E-state index < -0.39 is 10.0 Å². The lowest BCUT2D eigenvalue weighted by molar-refractivity contribution is 0.0914. The lowest BCUT2D eigenvalue weighted by Crippen LogP contribution is -2.48. The van der Waals surface area contributed by atoms with Gasteiger partial charge in [-0.15, -0.1) is 6.58 Å². The molecule has 126 valence electrons. The van der Waals surface area contributed by atoms with Gasteiger partial charge in [-0.1, -0.05) is 13.0 Å². The van der Waals surface area contributed by atoms with Crippen LogP contribution in [0.25, 0.3) is 0 Å². The Morgan fingerprint density at radius 3 is 2.70 bits per heavy atom. The number of carbonyl (C=O) groups is 1. The van der Waals surface area contributed by atoms with Gasteiger partial charge >= 0.3 is 0 Å². The van der Waals surface area contributed by atoms with Crippen molar-refractivity contribution in [2.45, 2.75) is 24.3 Å². The van der Waals surface area contributed by atoms with Crippen molar-refractivity contribution >= 4 is 15.9 Å². The fraction of sp³-hybridized carbons (Fsp3) is 0.438. The number of hydrogen-bond donors (Lipinski definition) is 3. The lowest BCUT2D eigenvalue weighted by Gasteiger charge is -2.30. The monoisotopic (exact) mass is 337 g/mol. The van der Waals surface area contributed by atoms with Crippen LogP contribution in [0.3, 0.4) is 0 Å². The van der Waals surface area contributed by atoms with E-state index in [2.05, 4.69) is 28.9 Å². The summed E-state index contributed by atoms with van der Waals surface area (Å²) in [5.74, 6) is 0.196. The van der Waals surface area contributed by atoms with Gasteiger partial charge in [-0.2, -0.15) is 0 Å². The van der Waals surface area contributed by atoms with Crippen LogP contribution in [0.1, 0.15) is 23.7 Å². The Morgan fingerprint density at radius 1 is 1.39 bits per heavy atom. The summed E-state index contributed by atoms with van der Waals surface area (Å²) >= 11 is 0. The predicted octanol–water partition coefficient (Wildman–Crippen LogP) is 0.879. The molecule has 2 atom stereocenters. The van der Waals surface area contributed by atoms with Gasteiger partial charge in [0.05, 0.1) is 4.90 Å². The molecule has 0 saturated carbocycles. The van der Waals surface area contributed by atoms with E-state index in [0.29, 0.717) is 11.5 Å². The molecule has 1 aliphatic rings. The number of amides is 1. The topological polar surface area (TPSA) is 87.3 Å². The molecule has 0 spiro atoms. The van der Waals surface area contributed by atoms with Crippen molar-refractivity contribution in [3.05, 3.63) is 42.5 Å². The molecular formula is C16H23N3O3S. The summed E-state index contributed by atoms with van der Waals surface area (Å²) in [5.41, 5.74) is 0.457. The molecule has 1 saturated heterocycles. The van der Waals surface area contributed by atoms with Crippen LogP contribution in [0.4, 0.5) is 0 Å². The first kappa shape index (κ1) is 17.7. The molecule has 2 unspecified atom stereocenters. The smallest absolute Gasteiger partial charge is 0.251 e. The maximum atomic E-state index is 12.3. The van der Waals surface area contributed by atoms with Crippen molar-refractivity contribution in [1.82, 2.24) is 15.4 Å². The van der Waals surface area contributed by atoms with Crippen LogP contribution in [0, 0.1) is 5.92 Å². The zero-order valence-electron chi connectivity index (χ0n) is 13.2. The molecule has 2 rings (SSSR count). The third kappa shape index (κ3) is 4.63. The number of sulfonamides is 1. The Kier molecular flexibility index (Phi) is 5.92. The molecule has 1 fully saturated rings. The van der Waals surface area contributed by atoms with Crippen LogP contribution >= 0.6 is 0 Å². The van der Waals surface area contributed by atoms with Crippen LogP contribution < -0.4 is 15.4 Å². The number of piperidine rings is 1. The molecule has 0 radical (unpaired) electrons. The number of benzene rings is 1. The number of rotatable bonds is 6. The van der Waals surface area contributed by atoms with Crippen molar-refractivity contribution < 1.29 is 13.2 Å². The standard InChI is InChI=1S/C16H23N3O3S/c1-3-9-18-23(21,22)14-6-4-13(5-7-14)16(20)19-15-8-10-17-11-12(15)2/h3-7,12,15,17-18H,1,8-11H2,2H3,(H,19,20). The Morgan fingerprint density at radius 2 is 2.09 bits per heavy atom. The zero-order chi connectivity index (χ0) is 16.9. The Labute approximate surface area is 137 Å². The van der Waals surface area contributed by atoms with Crippen molar-refractivity contribution in [3.63, 3.8) is 0 Å². The first-order chi connectivity index (χ1) is 10.9. The first-order valence-electron chi connectivity index (χ1n) is 7.66. The molecule has 1 heterocycles. The fourth-order valence-electron chi connectivity index (χ4n) is 2.52. The van der Waals surface area contributed by atoms with E-state index in [1.54, 1.807) is 0 Å². The van der Waals surface area contributed by atoms with Crippen molar-refractivity contribution in [2.24, 2.45) is 5.92 Å². The summed E-state index contributed by atoms with van der Waals surface area (Å²) in [5, 5.41) is 6.31. The highest BCUT2D eigenvalue weighted by Crippen LogP contribution is 2.13. The van der Waals surface area contributed by atoms with Gasteiger partial charge in [0.15, 0.2) is 0 Å². The van der Waals surface area contributed by atoms with Gasteiger partial charge in [0.1, 0.15) is 0 Å². The molecule has 1 aliphatic heterocycles. The van der Waals surface area contributed by atoms with Gasteiger partial charge in [0, 0.05) is 18.2 Å². The highest BCUT2D eigenvalue weighted by molar-refractivity contribution is 7.89. The van der Waals surface area contributed by atoms with Gasteiger partial charge < -0.3 is 10.6 Å². The van der Waals surface area contributed by atoms with Gasteiger partial charge in [-0.3, -0.25) is 4.79 Å². The van der Waals surface area contributed by atoms with Crippen LogP contribution in [-0.4, -0.2) is 40.0 Å². The molecule has 1 amide bonds. The summed E-state index contributed by atoms with van der Waals surface area (Å²) in [4.78, 5) is 12.4. The van der Waals surface area contributed by atoms with E-state index in [9.17, 15) is 13.2 Å². The summed E-state index contributed by atoms with van der Waals surface area (Å²) < 4.78 is 26.3. The zero-order valence-corrected chi connectivity index (χ0v) is 14.0. The quantitative estimate of drug-likeness (QED) is 0.673. The van der Waals surface area contributed by atoms with E-state index in [1.165, 1.54) is 30.3 Å². The van der Waals surface area contributed by atoms with Gasteiger partial charge in [-0.25, -0.2) is 13.1 Å². The highest BCUT2D eigenvalue weighted by Gasteiger charge is 2.23. The second-order valence-electron chi connectivity index (χ2n) is 5.71. The lowest BCUT2D eigenvalue weighted by atomic mass is 9.95. The number of nitrogens with one attached hydrogen (secondary N) is 3. The minimum Gasteiger partial charge on any atom is -0.349 e. The molecule has 23 heavy (non-hydrogen) atoms. The summed E-state index contributed by atoms with van der Waals surface area (Å²) in [6, 6.07) is 6.08. The molecule has 0 aliphatic carbocycles. The van der Waals surface area contributed by atoms with E-state index >= 15 is 0 Å². The number of hydrogen-bond acceptors (Lipinski definition) is 4. The Hall–Kier alpha value is -1.70. The molecule has 3 N–H and O–H groups in total. The largest absolute Gasteiger partial charge is 0.349 e. The second-order valence-corrected chi connectivity index (χ2v) is 7.48. The summed E-state index contributed by atoms with van der Waals surface area (Å²) in [6.45, 7) is 7.51. The van der Waals surface area contributed by atoms with Crippen molar-refractivity contribution in [2.75, 3.05) is 19.6 Å². The van der Waals surface area contributed by atoms with E-state index in [-0.39, 0.29) is 23.4 Å². The molecule has 0 aromatic heterocycles. The second kappa shape index (κ2) is 7.72. The molecule has 7 heteroatoms. The van der Waals surface area contributed by atoms with Crippen LogP contribution in [0.15, 0.2) is 41.8 Å².